The van der Waals surface area contributed by atoms with Crippen LogP contribution in [0.4, 0.5) is 0 Å². The molecule has 2 aromatic rings. The van der Waals surface area contributed by atoms with Crippen LogP contribution in [0.2, 0.25) is 0 Å². The molecular weight excluding hydrogens is 462 g/mol. The molecule has 2 N–H and O–H groups in total. The van der Waals surface area contributed by atoms with Gasteiger partial charge in [0.25, 0.3) is 5.91 Å². The van der Waals surface area contributed by atoms with Crippen LogP contribution in [0.3, 0.4) is 0 Å². The molecule has 2 aromatic carbocycles. The highest BCUT2D eigenvalue weighted by Crippen LogP contribution is 2.30. The van der Waals surface area contributed by atoms with Crippen LogP contribution in [0.1, 0.15) is 54.2 Å². The second kappa shape index (κ2) is 10.3. The zero-order chi connectivity index (χ0) is 25.2. The van der Waals surface area contributed by atoms with Gasteiger partial charge in [-0.3, -0.25) is 9.59 Å². The molecule has 0 saturated carbocycles. The van der Waals surface area contributed by atoms with Crippen molar-refractivity contribution in [2.24, 2.45) is 11.8 Å². The monoisotopic (exact) mass is 495 g/mol. The average Bonchev–Trinajstić information content (AvgIpc) is 2.86. The predicted octanol–water partition coefficient (Wildman–Crippen LogP) is 3.44. The van der Waals surface area contributed by atoms with Gasteiger partial charge < -0.3 is 10.6 Å². The number of carbonyl (C=O) groups is 2. The lowest BCUT2D eigenvalue weighted by Crippen LogP contribution is -2.55. The molecule has 1 saturated heterocycles. The van der Waals surface area contributed by atoms with Crippen molar-refractivity contribution in [2.75, 3.05) is 13.1 Å². The van der Waals surface area contributed by atoms with E-state index in [9.17, 15) is 18.0 Å². The second-order valence-corrected chi connectivity index (χ2v) is 11.6. The first-order valence-corrected chi connectivity index (χ1v) is 13.6. The maximum Gasteiger partial charge on any atom is 0.251 e. The lowest BCUT2D eigenvalue weighted by molar-refractivity contribution is -0.118. The minimum atomic E-state index is -3.73. The summed E-state index contributed by atoms with van der Waals surface area (Å²) in [5, 5.41) is 6.03. The van der Waals surface area contributed by atoms with E-state index in [0.717, 1.165) is 24.8 Å². The molecule has 0 radical (unpaired) electrons. The number of hydrogen-bond acceptors (Lipinski definition) is 4. The fourth-order valence-electron chi connectivity index (χ4n) is 5.28. The average molecular weight is 496 g/mol. The highest BCUT2D eigenvalue weighted by Gasteiger charge is 2.38. The smallest absolute Gasteiger partial charge is 0.251 e. The number of fused-ring (bicyclic) bond motifs is 1. The SMILES string of the molecule is C=CC(=O)NC1C(C)CN(S(=O)(=O)c2ccc(C(=O)NC3CCCc4ccccc43)cc2)CC1C. The summed E-state index contributed by atoms with van der Waals surface area (Å²) >= 11 is 0. The van der Waals surface area contributed by atoms with Gasteiger partial charge in [-0.2, -0.15) is 4.31 Å². The van der Waals surface area contributed by atoms with E-state index in [1.165, 1.54) is 28.1 Å². The van der Waals surface area contributed by atoms with E-state index in [0.29, 0.717) is 18.7 Å². The number of sulfonamides is 1. The van der Waals surface area contributed by atoms with Crippen LogP contribution in [0.5, 0.6) is 0 Å². The molecule has 3 atom stereocenters. The van der Waals surface area contributed by atoms with Crippen LogP contribution in [-0.4, -0.2) is 43.7 Å². The van der Waals surface area contributed by atoms with Crippen molar-refractivity contribution in [3.05, 3.63) is 77.9 Å². The maximum atomic E-state index is 13.3. The summed E-state index contributed by atoms with van der Waals surface area (Å²) < 4.78 is 28.1. The highest BCUT2D eigenvalue weighted by atomic mass is 32.2. The molecule has 1 aliphatic carbocycles. The molecule has 3 unspecified atom stereocenters. The quantitative estimate of drug-likeness (QED) is 0.600. The Kier molecular flexibility index (Phi) is 7.42. The first-order chi connectivity index (χ1) is 16.7. The molecular formula is C27H33N3O4S. The Morgan fingerprint density at radius 3 is 2.31 bits per heavy atom. The molecule has 1 heterocycles. The van der Waals surface area contributed by atoms with Gasteiger partial charge in [-0.1, -0.05) is 44.7 Å². The largest absolute Gasteiger partial charge is 0.349 e. The number of piperidine rings is 1. The van der Waals surface area contributed by atoms with E-state index >= 15 is 0 Å². The van der Waals surface area contributed by atoms with E-state index in [4.69, 9.17) is 0 Å². The summed E-state index contributed by atoms with van der Waals surface area (Å²) in [5.41, 5.74) is 2.85. The van der Waals surface area contributed by atoms with Gasteiger partial charge in [0.05, 0.1) is 10.9 Å². The molecule has 4 rings (SSSR count). The summed E-state index contributed by atoms with van der Waals surface area (Å²) in [5.74, 6) is -0.575. The van der Waals surface area contributed by atoms with E-state index < -0.39 is 10.0 Å². The van der Waals surface area contributed by atoms with Gasteiger partial charge in [-0.05, 0) is 72.6 Å². The number of carbonyl (C=O) groups excluding carboxylic acids is 2. The molecule has 0 spiro atoms. The summed E-state index contributed by atoms with van der Waals surface area (Å²) in [6, 6.07) is 14.1. The Bertz CT molecular complexity index is 1200. The number of nitrogens with one attached hydrogen (secondary N) is 2. The summed E-state index contributed by atoms with van der Waals surface area (Å²) in [6.45, 7) is 7.96. The van der Waals surface area contributed by atoms with E-state index in [-0.39, 0.29) is 40.6 Å². The van der Waals surface area contributed by atoms with Crippen LogP contribution in [0.25, 0.3) is 0 Å². The predicted molar refractivity (Wildman–Crippen MR) is 135 cm³/mol. The topological polar surface area (TPSA) is 95.6 Å². The Labute approximate surface area is 207 Å². The zero-order valence-electron chi connectivity index (χ0n) is 20.2. The summed E-state index contributed by atoms with van der Waals surface area (Å²) in [6.07, 6.45) is 4.15. The molecule has 8 heteroatoms. The molecule has 0 aromatic heterocycles. The van der Waals surface area contributed by atoms with Gasteiger partial charge >= 0.3 is 0 Å². The minimum absolute atomic E-state index is 0.0401. The molecule has 2 aliphatic rings. The van der Waals surface area contributed by atoms with Crippen LogP contribution in [0, 0.1) is 11.8 Å². The highest BCUT2D eigenvalue weighted by molar-refractivity contribution is 7.89. The number of hydrogen-bond donors (Lipinski definition) is 2. The van der Waals surface area contributed by atoms with Crippen molar-refractivity contribution < 1.29 is 18.0 Å². The molecule has 1 aliphatic heterocycles. The zero-order valence-corrected chi connectivity index (χ0v) is 21.1. The van der Waals surface area contributed by atoms with Crippen molar-refractivity contribution in [1.29, 1.82) is 0 Å². The fourth-order valence-corrected chi connectivity index (χ4v) is 6.92. The maximum absolute atomic E-state index is 13.3. The summed E-state index contributed by atoms with van der Waals surface area (Å²) in [4.78, 5) is 24.8. The Balaban J connectivity index is 1.44. The van der Waals surface area contributed by atoms with Crippen LogP contribution in [0.15, 0.2) is 66.1 Å². The van der Waals surface area contributed by atoms with E-state index in [1.54, 1.807) is 12.1 Å². The molecule has 1 fully saturated rings. The van der Waals surface area contributed by atoms with Crippen LogP contribution >= 0.6 is 0 Å². The Hall–Kier alpha value is -2.97. The van der Waals surface area contributed by atoms with Crippen molar-refractivity contribution in [1.82, 2.24) is 14.9 Å². The van der Waals surface area contributed by atoms with Crippen LogP contribution in [-0.2, 0) is 21.2 Å². The molecule has 2 amide bonds. The normalized spacial score (nSPS) is 24.7. The first kappa shape index (κ1) is 25.1. The molecule has 186 valence electrons. The van der Waals surface area contributed by atoms with Crippen LogP contribution < -0.4 is 10.6 Å². The number of rotatable bonds is 6. The van der Waals surface area contributed by atoms with Crippen molar-refractivity contribution >= 4 is 21.8 Å². The first-order valence-electron chi connectivity index (χ1n) is 12.1. The number of aryl methyl sites for hydroxylation is 1. The molecule has 0 bridgehead atoms. The number of nitrogens with zero attached hydrogens (tertiary/aromatic N) is 1. The van der Waals surface area contributed by atoms with E-state index in [1.807, 2.05) is 26.0 Å². The molecule has 35 heavy (non-hydrogen) atoms. The standard InChI is InChI=1S/C27H33N3O4S/c1-4-25(31)29-26-18(2)16-30(17-19(26)3)35(33,34)22-14-12-21(13-15-22)27(32)28-24-11-7-9-20-8-5-6-10-23(20)24/h4-6,8,10,12-15,18-19,24,26H,1,7,9,11,16-17H2,2-3H3,(H,28,32)(H,29,31). The number of amides is 2. The lowest BCUT2D eigenvalue weighted by atomic mass is 9.87. The van der Waals surface area contributed by atoms with Gasteiger partial charge in [0.2, 0.25) is 15.9 Å². The van der Waals surface area contributed by atoms with Gasteiger partial charge in [0.15, 0.2) is 0 Å². The van der Waals surface area contributed by atoms with E-state index in [2.05, 4.69) is 29.3 Å². The fraction of sp³-hybridized carbons (Fsp3) is 0.407. The second-order valence-electron chi connectivity index (χ2n) is 9.66. The Morgan fingerprint density at radius 1 is 1.00 bits per heavy atom. The lowest BCUT2D eigenvalue weighted by Gasteiger charge is -2.40. The number of benzene rings is 2. The molecule has 7 nitrogen and oxygen atoms in total. The van der Waals surface area contributed by atoms with Crippen molar-refractivity contribution in [3.8, 4) is 0 Å². The van der Waals surface area contributed by atoms with Gasteiger partial charge in [0, 0.05) is 24.7 Å². The van der Waals surface area contributed by atoms with Gasteiger partial charge in [-0.25, -0.2) is 8.42 Å². The third-order valence-corrected chi connectivity index (χ3v) is 8.98. The third kappa shape index (κ3) is 5.33. The van der Waals surface area contributed by atoms with Gasteiger partial charge in [0.1, 0.15) is 0 Å². The van der Waals surface area contributed by atoms with Gasteiger partial charge in [-0.15, -0.1) is 0 Å². The third-order valence-electron chi connectivity index (χ3n) is 7.13. The summed E-state index contributed by atoms with van der Waals surface area (Å²) in [7, 11) is -3.73. The Morgan fingerprint density at radius 2 is 1.66 bits per heavy atom. The van der Waals surface area contributed by atoms with Crippen molar-refractivity contribution in [2.45, 2.75) is 50.1 Å². The minimum Gasteiger partial charge on any atom is -0.349 e. The van der Waals surface area contributed by atoms with Crippen molar-refractivity contribution in [3.63, 3.8) is 0 Å².